The Morgan fingerprint density at radius 1 is 1.05 bits per heavy atom. The molecule has 112 valence electrons. The number of ether oxygens (including phenoxy) is 1. The van der Waals surface area contributed by atoms with Crippen LogP contribution < -0.4 is 10.1 Å². The highest BCUT2D eigenvalue weighted by Crippen LogP contribution is 2.23. The van der Waals surface area contributed by atoms with Crippen molar-refractivity contribution in [3.63, 3.8) is 0 Å². The lowest BCUT2D eigenvalue weighted by molar-refractivity contribution is 0.412. The fourth-order valence-electron chi connectivity index (χ4n) is 2.73. The lowest BCUT2D eigenvalue weighted by Gasteiger charge is -2.25. The first kappa shape index (κ1) is 15.6. The van der Waals surface area contributed by atoms with Gasteiger partial charge >= 0.3 is 0 Å². The third-order valence-corrected chi connectivity index (χ3v) is 3.98. The zero-order chi connectivity index (χ0) is 15.1. The molecular weight excluding hydrogens is 258 g/mol. The Bertz CT molecular complexity index is 538. The lowest BCUT2D eigenvalue weighted by Crippen LogP contribution is -2.35. The van der Waals surface area contributed by atoms with Crippen LogP contribution in [0.25, 0.3) is 0 Å². The molecule has 2 heteroatoms. The minimum Gasteiger partial charge on any atom is -0.497 e. The van der Waals surface area contributed by atoms with Gasteiger partial charge in [-0.15, -0.1) is 0 Å². The van der Waals surface area contributed by atoms with Gasteiger partial charge in [0.05, 0.1) is 7.11 Å². The molecule has 2 atom stereocenters. The fraction of sp³-hybridized carbons (Fsp3) is 0.368. The van der Waals surface area contributed by atoms with Crippen molar-refractivity contribution in [1.29, 1.82) is 0 Å². The molecule has 2 rings (SSSR count). The highest BCUT2D eigenvalue weighted by atomic mass is 16.5. The van der Waals surface area contributed by atoms with Gasteiger partial charge in [0.1, 0.15) is 5.75 Å². The van der Waals surface area contributed by atoms with E-state index < -0.39 is 0 Å². The summed E-state index contributed by atoms with van der Waals surface area (Å²) in [6, 6.07) is 19.5. The number of likely N-dealkylation sites (N-methyl/N-ethyl adjacent to an activating group) is 1. The molecule has 0 aliphatic heterocycles. The van der Waals surface area contributed by atoms with Crippen molar-refractivity contribution in [2.24, 2.45) is 0 Å². The first-order valence-electron chi connectivity index (χ1n) is 7.65. The van der Waals surface area contributed by atoms with Gasteiger partial charge in [0, 0.05) is 6.04 Å². The van der Waals surface area contributed by atoms with Gasteiger partial charge < -0.3 is 10.1 Å². The van der Waals surface area contributed by atoms with Gasteiger partial charge in [-0.1, -0.05) is 56.3 Å². The van der Waals surface area contributed by atoms with E-state index in [1.165, 1.54) is 11.1 Å². The topological polar surface area (TPSA) is 21.3 Å². The Balaban J connectivity index is 2.14. The summed E-state index contributed by atoms with van der Waals surface area (Å²) in [5.41, 5.74) is 2.69. The predicted octanol–water partition coefficient (Wildman–Crippen LogP) is 4.02. The van der Waals surface area contributed by atoms with Crippen molar-refractivity contribution in [3.8, 4) is 5.75 Å². The fourth-order valence-corrected chi connectivity index (χ4v) is 2.73. The second kappa shape index (κ2) is 7.84. The van der Waals surface area contributed by atoms with Gasteiger partial charge in [-0.2, -0.15) is 0 Å². The van der Waals surface area contributed by atoms with E-state index in [1.807, 2.05) is 6.07 Å². The van der Waals surface area contributed by atoms with E-state index in [0.717, 1.165) is 18.7 Å². The molecule has 2 nitrogen and oxygen atoms in total. The standard InChI is InChI=1S/C19H25NO/c1-4-20-19(15(2)17-10-6-5-7-11-17)14-16-9-8-12-18(13-16)21-3/h5-13,15,19-20H,4,14H2,1-3H3. The molecule has 2 unspecified atom stereocenters. The Kier molecular flexibility index (Phi) is 5.82. The summed E-state index contributed by atoms with van der Waals surface area (Å²) >= 11 is 0. The second-order valence-electron chi connectivity index (χ2n) is 5.42. The molecule has 0 saturated heterocycles. The van der Waals surface area contributed by atoms with Gasteiger partial charge in [-0.3, -0.25) is 0 Å². The van der Waals surface area contributed by atoms with Gasteiger partial charge in [0.15, 0.2) is 0 Å². The molecule has 0 aliphatic rings. The highest BCUT2D eigenvalue weighted by Gasteiger charge is 2.18. The van der Waals surface area contributed by atoms with E-state index in [-0.39, 0.29) is 0 Å². The Hall–Kier alpha value is -1.80. The zero-order valence-corrected chi connectivity index (χ0v) is 13.2. The smallest absolute Gasteiger partial charge is 0.119 e. The van der Waals surface area contributed by atoms with Gasteiger partial charge in [0.25, 0.3) is 0 Å². The van der Waals surface area contributed by atoms with Crippen LogP contribution in [0.4, 0.5) is 0 Å². The molecule has 2 aromatic rings. The van der Waals surface area contributed by atoms with E-state index >= 15 is 0 Å². The third-order valence-electron chi connectivity index (χ3n) is 3.98. The summed E-state index contributed by atoms with van der Waals surface area (Å²) in [6.07, 6.45) is 1.00. The molecule has 0 amide bonds. The van der Waals surface area contributed by atoms with Crippen LogP contribution in [0.2, 0.25) is 0 Å². The number of nitrogens with one attached hydrogen (secondary N) is 1. The Labute approximate surface area is 128 Å². The monoisotopic (exact) mass is 283 g/mol. The van der Waals surface area contributed by atoms with Crippen LogP contribution in [0, 0.1) is 0 Å². The van der Waals surface area contributed by atoms with Crippen LogP contribution in [0.1, 0.15) is 30.9 Å². The van der Waals surface area contributed by atoms with E-state index in [2.05, 4.69) is 67.7 Å². The summed E-state index contributed by atoms with van der Waals surface area (Å²) in [7, 11) is 1.72. The summed E-state index contributed by atoms with van der Waals surface area (Å²) in [5, 5.41) is 3.63. The number of methoxy groups -OCH3 is 1. The third kappa shape index (κ3) is 4.33. The van der Waals surface area contributed by atoms with Crippen LogP contribution in [-0.4, -0.2) is 19.7 Å². The number of hydrogen-bond acceptors (Lipinski definition) is 2. The maximum Gasteiger partial charge on any atom is 0.119 e. The molecule has 0 aromatic heterocycles. The van der Waals surface area contributed by atoms with Crippen molar-refractivity contribution >= 4 is 0 Å². The van der Waals surface area contributed by atoms with E-state index in [1.54, 1.807) is 7.11 Å². The van der Waals surface area contributed by atoms with Crippen molar-refractivity contribution in [2.75, 3.05) is 13.7 Å². The van der Waals surface area contributed by atoms with E-state index in [4.69, 9.17) is 4.74 Å². The molecule has 1 N–H and O–H groups in total. The van der Waals surface area contributed by atoms with Crippen LogP contribution in [0.5, 0.6) is 5.75 Å². The molecule has 0 saturated carbocycles. The van der Waals surface area contributed by atoms with Crippen LogP contribution in [-0.2, 0) is 6.42 Å². The SMILES string of the molecule is CCNC(Cc1cccc(OC)c1)C(C)c1ccccc1. The van der Waals surface area contributed by atoms with Gasteiger partial charge in [-0.05, 0) is 42.1 Å². The molecule has 0 fully saturated rings. The maximum atomic E-state index is 5.32. The van der Waals surface area contributed by atoms with Gasteiger partial charge in [-0.25, -0.2) is 0 Å². The minimum atomic E-state index is 0.421. The number of benzene rings is 2. The van der Waals surface area contributed by atoms with Crippen LogP contribution >= 0.6 is 0 Å². The number of hydrogen-bond donors (Lipinski definition) is 1. The largest absolute Gasteiger partial charge is 0.497 e. The second-order valence-corrected chi connectivity index (χ2v) is 5.42. The molecule has 0 bridgehead atoms. The normalized spacial score (nSPS) is 13.7. The molecule has 0 aliphatic carbocycles. The molecule has 2 aromatic carbocycles. The predicted molar refractivity (Wildman–Crippen MR) is 89.0 cm³/mol. The Morgan fingerprint density at radius 3 is 2.48 bits per heavy atom. The average molecular weight is 283 g/mol. The van der Waals surface area contributed by atoms with E-state index in [0.29, 0.717) is 12.0 Å². The molecule has 0 spiro atoms. The molecule has 0 heterocycles. The maximum absolute atomic E-state index is 5.32. The first-order chi connectivity index (χ1) is 10.2. The highest BCUT2D eigenvalue weighted by molar-refractivity contribution is 5.30. The molecule has 21 heavy (non-hydrogen) atoms. The summed E-state index contributed by atoms with van der Waals surface area (Å²) in [6.45, 7) is 5.44. The first-order valence-corrected chi connectivity index (χ1v) is 7.65. The summed E-state index contributed by atoms with van der Waals surface area (Å²) in [5.74, 6) is 1.40. The molecular formula is C19H25NO. The van der Waals surface area contributed by atoms with Crippen molar-refractivity contribution in [2.45, 2.75) is 32.2 Å². The zero-order valence-electron chi connectivity index (χ0n) is 13.2. The number of rotatable bonds is 7. The van der Waals surface area contributed by atoms with Crippen LogP contribution in [0.15, 0.2) is 54.6 Å². The quantitative estimate of drug-likeness (QED) is 0.828. The average Bonchev–Trinajstić information content (AvgIpc) is 2.55. The van der Waals surface area contributed by atoms with Crippen molar-refractivity contribution in [1.82, 2.24) is 5.32 Å². The van der Waals surface area contributed by atoms with E-state index in [9.17, 15) is 0 Å². The molecule has 0 radical (unpaired) electrons. The Morgan fingerprint density at radius 2 is 1.81 bits per heavy atom. The lowest BCUT2D eigenvalue weighted by atomic mass is 9.89. The summed E-state index contributed by atoms with van der Waals surface area (Å²) < 4.78 is 5.32. The summed E-state index contributed by atoms with van der Waals surface area (Å²) in [4.78, 5) is 0. The van der Waals surface area contributed by atoms with Gasteiger partial charge in [0.2, 0.25) is 0 Å². The van der Waals surface area contributed by atoms with Crippen molar-refractivity contribution in [3.05, 3.63) is 65.7 Å². The minimum absolute atomic E-state index is 0.421. The van der Waals surface area contributed by atoms with Crippen molar-refractivity contribution < 1.29 is 4.74 Å². The van der Waals surface area contributed by atoms with Crippen LogP contribution in [0.3, 0.4) is 0 Å².